The predicted octanol–water partition coefficient (Wildman–Crippen LogP) is 5.77. The van der Waals surface area contributed by atoms with Crippen molar-refractivity contribution in [3.63, 3.8) is 0 Å². The Kier molecular flexibility index (Phi) is 9.22. The minimum Gasteiger partial charge on any atom is -0.634 e. The highest BCUT2D eigenvalue weighted by Gasteiger charge is 2.35. The molecule has 4 rings (SSSR count). The first-order chi connectivity index (χ1) is 18.9. The summed E-state index contributed by atoms with van der Waals surface area (Å²) in [6, 6.07) is 23.6. The quantitative estimate of drug-likeness (QED) is 0.249. The van der Waals surface area contributed by atoms with Gasteiger partial charge in [-0.05, 0) is 96.7 Å². The maximum absolute atomic E-state index is 12.9. The molecule has 216 valence electrons. The topological polar surface area (TPSA) is 73.5 Å². The summed E-state index contributed by atoms with van der Waals surface area (Å²) in [6.45, 7) is 14.6. The number of quaternary nitrogens is 3. The molecule has 1 aliphatic heterocycles. The summed E-state index contributed by atoms with van der Waals surface area (Å²) in [6.07, 6.45) is 4.36. The predicted molar refractivity (Wildman–Crippen MR) is 162 cm³/mol. The largest absolute Gasteiger partial charge is 0.634 e. The van der Waals surface area contributed by atoms with Gasteiger partial charge in [-0.3, -0.25) is 4.48 Å². The van der Waals surface area contributed by atoms with E-state index >= 15 is 0 Å². The maximum Gasteiger partial charge on any atom is 0.191 e. The van der Waals surface area contributed by atoms with E-state index in [4.69, 9.17) is 9.57 Å². The summed E-state index contributed by atoms with van der Waals surface area (Å²) in [5.74, 6) is 1.39. The molecule has 2 atom stereocenters. The second-order valence-corrected chi connectivity index (χ2v) is 12.6. The van der Waals surface area contributed by atoms with Crippen molar-refractivity contribution in [2.24, 2.45) is 0 Å². The molecule has 7 nitrogen and oxygen atoms in total. The summed E-state index contributed by atoms with van der Waals surface area (Å²) in [5, 5.41) is 25.2. The average molecular weight is 549 g/mol. The van der Waals surface area contributed by atoms with E-state index in [9.17, 15) is 10.4 Å². The van der Waals surface area contributed by atoms with Gasteiger partial charge in [-0.2, -0.15) is 0 Å². The molecule has 1 saturated heterocycles. The van der Waals surface area contributed by atoms with Gasteiger partial charge in [-0.1, -0.05) is 6.92 Å². The molecule has 0 saturated carbocycles. The Labute approximate surface area is 239 Å². The third-order valence-corrected chi connectivity index (χ3v) is 8.07. The van der Waals surface area contributed by atoms with E-state index in [-0.39, 0.29) is 16.2 Å². The zero-order valence-electron chi connectivity index (χ0n) is 25.0. The van der Waals surface area contributed by atoms with Crippen LogP contribution in [-0.4, -0.2) is 24.2 Å². The molecular weight excluding hydrogens is 502 g/mol. The van der Waals surface area contributed by atoms with Crippen molar-refractivity contribution >= 4 is 17.1 Å². The summed E-state index contributed by atoms with van der Waals surface area (Å²) < 4.78 is 6.82. The number of piperidine rings is 1. The lowest BCUT2D eigenvalue weighted by atomic mass is 10.0. The Balaban J connectivity index is 1.45. The smallest absolute Gasteiger partial charge is 0.191 e. The zero-order valence-corrected chi connectivity index (χ0v) is 25.0. The van der Waals surface area contributed by atoms with Crippen LogP contribution >= 0.6 is 0 Å². The van der Waals surface area contributed by atoms with Gasteiger partial charge in [-0.15, -0.1) is 5.23 Å². The van der Waals surface area contributed by atoms with Gasteiger partial charge in [0.25, 0.3) is 0 Å². The highest BCUT2D eigenvalue weighted by molar-refractivity contribution is 5.60. The van der Waals surface area contributed by atoms with Crippen molar-refractivity contribution in [2.45, 2.75) is 84.9 Å². The Morgan fingerprint density at radius 1 is 0.725 bits per heavy atom. The zero-order chi connectivity index (χ0) is 29.0. The average Bonchev–Trinajstić information content (AvgIpc) is 2.93. The minimum atomic E-state index is -0.407. The van der Waals surface area contributed by atoms with Gasteiger partial charge < -0.3 is 25.1 Å². The fraction of sp³-hybridized carbons (Fsp3) is 0.455. The number of nitrogens with one attached hydrogen (secondary N) is 2. The van der Waals surface area contributed by atoms with Gasteiger partial charge in [0.05, 0.1) is 18.6 Å². The Morgan fingerprint density at radius 3 is 1.75 bits per heavy atom. The molecule has 7 heteroatoms. The number of nitrogens with zero attached hydrogens (tertiary/aromatic N) is 1. The molecule has 0 radical (unpaired) electrons. The fourth-order valence-electron chi connectivity index (χ4n) is 5.22. The molecule has 0 bridgehead atoms. The lowest BCUT2D eigenvalue weighted by molar-refractivity contribution is -0.963. The van der Waals surface area contributed by atoms with Crippen LogP contribution in [0.25, 0.3) is 0 Å². The molecule has 3 aromatic rings. The van der Waals surface area contributed by atoms with Crippen molar-refractivity contribution in [3.8, 4) is 11.5 Å². The second-order valence-electron chi connectivity index (χ2n) is 12.6. The molecule has 1 aliphatic rings. The molecule has 0 aromatic heterocycles. The highest BCUT2D eigenvalue weighted by Crippen LogP contribution is 2.39. The second kappa shape index (κ2) is 12.3. The van der Waals surface area contributed by atoms with E-state index in [0.29, 0.717) is 18.0 Å². The Morgan fingerprint density at radius 2 is 1.25 bits per heavy atom. The van der Waals surface area contributed by atoms with Crippen molar-refractivity contribution in [1.29, 1.82) is 0 Å². The summed E-state index contributed by atoms with van der Waals surface area (Å²) >= 11 is 0. The van der Waals surface area contributed by atoms with Crippen LogP contribution in [0.15, 0.2) is 72.8 Å². The van der Waals surface area contributed by atoms with Gasteiger partial charge >= 0.3 is 0 Å². The standard InChI is InChI=1S/C33H46N3O4/c1-7-33(5,6)34(37)25-26-11-13-27(14-12-26)35(38)40-31-21-17-29(18-22-31)36(23-9-8-10-24-36)28-15-19-30(20-16-28)39-32(2,3)4/h11-22,34-35H,7-10,23-25H2,1-6H3/q+1. The number of benzene rings is 3. The number of rotatable bonds is 10. The van der Waals surface area contributed by atoms with Crippen LogP contribution in [0.1, 0.15) is 72.8 Å². The van der Waals surface area contributed by atoms with Crippen molar-refractivity contribution in [2.75, 3.05) is 13.1 Å². The van der Waals surface area contributed by atoms with Gasteiger partial charge in [-0.25, -0.2) is 0 Å². The molecule has 3 aromatic carbocycles. The molecule has 2 N–H and O–H groups in total. The summed E-state index contributed by atoms with van der Waals surface area (Å²) in [4.78, 5) is 5.71. The van der Waals surface area contributed by atoms with Crippen LogP contribution in [0.5, 0.6) is 11.5 Å². The normalized spacial score (nSPS) is 17.2. The Bertz CT molecular complexity index is 1210. The van der Waals surface area contributed by atoms with Crippen LogP contribution in [0.2, 0.25) is 0 Å². The fourth-order valence-corrected chi connectivity index (χ4v) is 5.22. The third-order valence-electron chi connectivity index (χ3n) is 8.07. The maximum atomic E-state index is 12.9. The molecule has 0 aliphatic carbocycles. The lowest BCUT2D eigenvalue weighted by Gasteiger charge is -2.40. The first-order valence-electron chi connectivity index (χ1n) is 14.5. The molecular formula is C33H46N3O4+. The van der Waals surface area contributed by atoms with Crippen LogP contribution in [-0.2, 0) is 6.54 Å². The number of hydrogen-bond acceptors (Lipinski definition) is 4. The highest BCUT2D eigenvalue weighted by atomic mass is 16.9. The molecule has 2 unspecified atom stereocenters. The SMILES string of the molecule is CCC(C)(C)[NH+]([O-])Cc1ccc([NH+]([O-])Oc2ccc([N+]3(c4ccc(OC(C)(C)C)cc4)CCCCC3)cc2)cc1. The van der Waals surface area contributed by atoms with Crippen molar-refractivity contribution in [3.05, 3.63) is 88.8 Å². The summed E-state index contributed by atoms with van der Waals surface area (Å²) in [7, 11) is 0. The van der Waals surface area contributed by atoms with E-state index < -0.39 is 5.23 Å². The third kappa shape index (κ3) is 7.22. The van der Waals surface area contributed by atoms with E-state index in [1.807, 2.05) is 45.0 Å². The van der Waals surface area contributed by atoms with E-state index in [1.165, 1.54) is 17.8 Å². The Hall–Kier alpha value is -2.94. The minimum absolute atomic E-state index is 0.203. The van der Waals surface area contributed by atoms with Crippen LogP contribution in [0.3, 0.4) is 0 Å². The van der Waals surface area contributed by atoms with Gasteiger partial charge in [0.2, 0.25) is 0 Å². The van der Waals surface area contributed by atoms with E-state index in [0.717, 1.165) is 48.1 Å². The van der Waals surface area contributed by atoms with Crippen LogP contribution < -0.4 is 24.3 Å². The van der Waals surface area contributed by atoms with Gasteiger partial charge in [0.15, 0.2) is 11.4 Å². The molecule has 1 heterocycles. The van der Waals surface area contributed by atoms with Gasteiger partial charge in [0, 0.05) is 42.0 Å². The number of hydrogen-bond donors (Lipinski definition) is 2. The first kappa shape index (κ1) is 30.0. The van der Waals surface area contributed by atoms with Crippen LogP contribution in [0.4, 0.5) is 17.1 Å². The lowest BCUT2D eigenvalue weighted by Crippen LogP contribution is -3.13. The monoisotopic (exact) mass is 548 g/mol. The molecule has 40 heavy (non-hydrogen) atoms. The summed E-state index contributed by atoms with van der Waals surface area (Å²) in [5.41, 5.74) is 3.22. The number of hydroxylamine groups is 2. The van der Waals surface area contributed by atoms with Crippen LogP contribution in [0, 0.1) is 10.4 Å². The van der Waals surface area contributed by atoms with Crippen molar-refractivity contribution in [1.82, 2.24) is 4.48 Å². The van der Waals surface area contributed by atoms with E-state index in [1.54, 1.807) is 12.1 Å². The van der Waals surface area contributed by atoms with Crippen molar-refractivity contribution < 1.29 is 19.9 Å². The number of ether oxygens (including phenoxy) is 1. The molecule has 0 amide bonds. The molecule has 0 spiro atoms. The van der Waals surface area contributed by atoms with Gasteiger partial charge in [0.1, 0.15) is 29.3 Å². The molecule has 1 fully saturated rings. The van der Waals surface area contributed by atoms with E-state index in [2.05, 4.69) is 57.2 Å². The first-order valence-corrected chi connectivity index (χ1v) is 14.5.